The van der Waals surface area contributed by atoms with Crippen molar-refractivity contribution >= 4 is 0 Å². The Morgan fingerprint density at radius 1 is 1.00 bits per heavy atom. The van der Waals surface area contributed by atoms with Gasteiger partial charge < -0.3 is 0 Å². The second-order valence-electron chi connectivity index (χ2n) is 4.93. The largest absolute Gasteiger partial charge is 0.192 e. The molecule has 0 fully saturated rings. The van der Waals surface area contributed by atoms with Gasteiger partial charge in [-0.05, 0) is 23.1 Å². The van der Waals surface area contributed by atoms with Gasteiger partial charge in [-0.2, -0.15) is 5.26 Å². The topological polar surface area (TPSA) is 23.8 Å². The van der Waals surface area contributed by atoms with E-state index in [-0.39, 0.29) is 5.41 Å². The summed E-state index contributed by atoms with van der Waals surface area (Å²) in [5.74, 6) is 0. The monoisotopic (exact) mass is 235 g/mol. The Labute approximate surface area is 110 Å². The van der Waals surface area contributed by atoms with E-state index in [1.807, 2.05) is 30.3 Å². The highest BCUT2D eigenvalue weighted by Crippen LogP contribution is 2.20. The highest BCUT2D eigenvalue weighted by atomic mass is 14.2. The van der Waals surface area contributed by atoms with E-state index in [4.69, 9.17) is 5.26 Å². The van der Waals surface area contributed by atoms with Gasteiger partial charge in [0.15, 0.2) is 0 Å². The van der Waals surface area contributed by atoms with E-state index < -0.39 is 0 Å². The fourth-order valence-corrected chi connectivity index (χ4v) is 1.35. The fraction of sp³-hybridized carbons (Fsp3) is 0.235. The molecule has 0 aromatic heterocycles. The number of hydrogen-bond donors (Lipinski definition) is 0. The molecule has 0 aliphatic carbocycles. The van der Waals surface area contributed by atoms with Crippen LogP contribution >= 0.6 is 0 Å². The van der Waals surface area contributed by atoms with Gasteiger partial charge in [0, 0.05) is 6.07 Å². The van der Waals surface area contributed by atoms with Gasteiger partial charge in [0.05, 0.1) is 11.6 Å². The lowest BCUT2D eigenvalue weighted by molar-refractivity contribution is 0.590. The van der Waals surface area contributed by atoms with E-state index in [1.165, 1.54) is 5.56 Å². The van der Waals surface area contributed by atoms with Gasteiger partial charge in [-0.15, -0.1) is 0 Å². The summed E-state index contributed by atoms with van der Waals surface area (Å²) in [5, 5.41) is 8.26. The van der Waals surface area contributed by atoms with Crippen molar-refractivity contribution in [3.63, 3.8) is 0 Å². The first-order chi connectivity index (χ1) is 8.54. The molecule has 0 amide bonds. The molecule has 2 aromatic rings. The standard InChI is InChI=1S/C10H13.C7H4N/c1-10(2,3)9-7-5-4-6-8-9;8-6-7-4-2-1-3-5-7/h5-8H,1-3H3;1-4H. The maximum absolute atomic E-state index is 8.26. The number of rotatable bonds is 0. The Morgan fingerprint density at radius 2 is 1.67 bits per heavy atom. The molecule has 0 N–H and O–H groups in total. The molecule has 90 valence electrons. The maximum atomic E-state index is 8.26. The van der Waals surface area contributed by atoms with Crippen LogP contribution in [-0.4, -0.2) is 0 Å². The van der Waals surface area contributed by atoms with Crippen molar-refractivity contribution < 1.29 is 0 Å². The van der Waals surface area contributed by atoms with Crippen molar-refractivity contribution in [2.45, 2.75) is 26.2 Å². The van der Waals surface area contributed by atoms with Crippen LogP contribution in [0.1, 0.15) is 31.9 Å². The molecular formula is C17H17N. The molecule has 2 rings (SSSR count). The molecule has 2 aromatic carbocycles. The molecular weight excluding hydrogens is 218 g/mol. The third-order valence-electron chi connectivity index (χ3n) is 2.41. The van der Waals surface area contributed by atoms with Gasteiger partial charge in [0.25, 0.3) is 0 Å². The first-order valence-electron chi connectivity index (χ1n) is 5.87. The van der Waals surface area contributed by atoms with Crippen LogP contribution in [-0.2, 0) is 5.41 Å². The van der Waals surface area contributed by atoms with Gasteiger partial charge in [0.1, 0.15) is 0 Å². The Kier molecular flexibility index (Phi) is 5.14. The molecule has 0 aliphatic heterocycles. The SMILES string of the molecule is CC(C)(C)c1cc[c]cc1.N#Cc1[c]cccc1. The van der Waals surface area contributed by atoms with Crippen molar-refractivity contribution in [3.05, 3.63) is 71.8 Å². The highest BCUT2D eigenvalue weighted by molar-refractivity contribution is 5.26. The van der Waals surface area contributed by atoms with E-state index in [9.17, 15) is 0 Å². The molecule has 0 atom stereocenters. The first-order valence-corrected chi connectivity index (χ1v) is 5.87. The predicted octanol–water partition coefficient (Wildman–Crippen LogP) is 4.14. The Morgan fingerprint density at radius 3 is 2.00 bits per heavy atom. The van der Waals surface area contributed by atoms with E-state index in [0.717, 1.165) is 0 Å². The van der Waals surface area contributed by atoms with Crippen LogP contribution in [0.2, 0.25) is 0 Å². The minimum Gasteiger partial charge on any atom is -0.192 e. The van der Waals surface area contributed by atoms with Crippen LogP contribution in [0, 0.1) is 23.5 Å². The highest BCUT2D eigenvalue weighted by Gasteiger charge is 2.11. The second-order valence-corrected chi connectivity index (χ2v) is 4.93. The third-order valence-corrected chi connectivity index (χ3v) is 2.41. The zero-order valence-electron chi connectivity index (χ0n) is 11.1. The maximum Gasteiger partial charge on any atom is 0.0998 e. The molecule has 0 aliphatic rings. The summed E-state index contributed by atoms with van der Waals surface area (Å²) in [6.07, 6.45) is 0. The molecule has 0 saturated heterocycles. The number of nitrogens with zero attached hydrogens (tertiary/aromatic N) is 1. The van der Waals surface area contributed by atoms with E-state index in [2.05, 4.69) is 45.0 Å². The Hall–Kier alpha value is -2.07. The van der Waals surface area contributed by atoms with E-state index >= 15 is 0 Å². The lowest BCUT2D eigenvalue weighted by Gasteiger charge is -2.17. The molecule has 18 heavy (non-hydrogen) atoms. The Bertz CT molecular complexity index is 487. The molecule has 0 saturated carbocycles. The zero-order valence-corrected chi connectivity index (χ0v) is 11.1. The first kappa shape index (κ1) is 14.0. The lowest BCUT2D eigenvalue weighted by atomic mass is 9.87. The molecule has 0 spiro atoms. The van der Waals surface area contributed by atoms with Crippen LogP contribution in [0.15, 0.2) is 48.5 Å². The molecule has 0 bridgehead atoms. The third kappa shape index (κ3) is 4.84. The van der Waals surface area contributed by atoms with Gasteiger partial charge >= 0.3 is 0 Å². The van der Waals surface area contributed by atoms with Crippen LogP contribution < -0.4 is 0 Å². The van der Waals surface area contributed by atoms with Gasteiger partial charge in [0.2, 0.25) is 0 Å². The van der Waals surface area contributed by atoms with Crippen molar-refractivity contribution in [2.24, 2.45) is 0 Å². The second kappa shape index (κ2) is 6.61. The molecule has 1 heteroatoms. The smallest absolute Gasteiger partial charge is 0.0998 e. The van der Waals surface area contributed by atoms with Crippen LogP contribution in [0.3, 0.4) is 0 Å². The van der Waals surface area contributed by atoms with Crippen molar-refractivity contribution in [1.29, 1.82) is 5.26 Å². The van der Waals surface area contributed by atoms with Gasteiger partial charge in [-0.25, -0.2) is 0 Å². The van der Waals surface area contributed by atoms with Crippen LogP contribution in [0.5, 0.6) is 0 Å². The van der Waals surface area contributed by atoms with E-state index in [1.54, 1.807) is 12.1 Å². The van der Waals surface area contributed by atoms with Crippen molar-refractivity contribution in [3.8, 4) is 6.07 Å². The summed E-state index contributed by atoms with van der Waals surface area (Å²) in [6, 6.07) is 23.0. The summed E-state index contributed by atoms with van der Waals surface area (Å²) < 4.78 is 0. The minimum absolute atomic E-state index is 0.273. The Balaban J connectivity index is 0.000000184. The lowest BCUT2D eigenvalue weighted by Crippen LogP contribution is -2.10. The van der Waals surface area contributed by atoms with Crippen molar-refractivity contribution in [1.82, 2.24) is 0 Å². The average Bonchev–Trinajstić information content (AvgIpc) is 2.40. The predicted molar refractivity (Wildman–Crippen MR) is 74.0 cm³/mol. The summed E-state index contributed by atoms with van der Waals surface area (Å²) in [7, 11) is 0. The number of nitriles is 1. The zero-order chi connectivity index (χ0) is 13.4. The minimum atomic E-state index is 0.273. The molecule has 1 nitrogen and oxygen atoms in total. The molecule has 2 radical (unpaired) electrons. The summed E-state index contributed by atoms with van der Waals surface area (Å²) in [5.41, 5.74) is 2.23. The van der Waals surface area contributed by atoms with Gasteiger partial charge in [-0.1, -0.05) is 63.2 Å². The van der Waals surface area contributed by atoms with Crippen molar-refractivity contribution in [2.75, 3.05) is 0 Å². The quantitative estimate of drug-likeness (QED) is 0.673. The van der Waals surface area contributed by atoms with Gasteiger partial charge in [-0.3, -0.25) is 0 Å². The van der Waals surface area contributed by atoms with Crippen LogP contribution in [0.25, 0.3) is 0 Å². The van der Waals surface area contributed by atoms with E-state index in [0.29, 0.717) is 5.56 Å². The fourth-order valence-electron chi connectivity index (χ4n) is 1.35. The summed E-state index contributed by atoms with van der Waals surface area (Å²) in [4.78, 5) is 0. The summed E-state index contributed by atoms with van der Waals surface area (Å²) >= 11 is 0. The average molecular weight is 235 g/mol. The summed E-state index contributed by atoms with van der Waals surface area (Å²) in [6.45, 7) is 6.63. The van der Waals surface area contributed by atoms with Crippen LogP contribution in [0.4, 0.5) is 0 Å². The molecule has 0 unspecified atom stereocenters. The molecule has 0 heterocycles. The number of hydrogen-bond acceptors (Lipinski definition) is 1. The number of benzene rings is 2. The normalized spacial score (nSPS) is 9.89.